The van der Waals surface area contributed by atoms with E-state index in [4.69, 9.17) is 0 Å². The molecule has 3 aliphatic rings. The van der Waals surface area contributed by atoms with E-state index in [1.807, 2.05) is 11.1 Å². The van der Waals surface area contributed by atoms with Crippen molar-refractivity contribution in [2.75, 3.05) is 5.75 Å². The average molecular weight is 262 g/mol. The van der Waals surface area contributed by atoms with Crippen molar-refractivity contribution < 1.29 is 0 Å². The summed E-state index contributed by atoms with van der Waals surface area (Å²) < 4.78 is 0. The summed E-state index contributed by atoms with van der Waals surface area (Å²) in [5, 5.41) is 0.962. The Morgan fingerprint density at radius 2 is 2.28 bits per heavy atom. The Kier molecular flexibility index (Phi) is 3.89. The molecule has 0 N–H and O–H groups in total. The number of hydrogen-bond donors (Lipinski definition) is 0. The normalized spacial score (nSPS) is 38.1. The molecule has 3 aliphatic carbocycles. The topological polar surface area (TPSA) is 0 Å². The van der Waals surface area contributed by atoms with Crippen LogP contribution in [0.3, 0.4) is 0 Å². The van der Waals surface area contributed by atoms with E-state index in [9.17, 15) is 0 Å². The number of rotatable bonds is 5. The lowest BCUT2D eigenvalue weighted by Crippen LogP contribution is -2.28. The molecule has 0 heterocycles. The minimum Gasteiger partial charge on any atom is -0.158 e. The van der Waals surface area contributed by atoms with Gasteiger partial charge in [0.25, 0.3) is 0 Å². The molecule has 0 aromatic heterocycles. The van der Waals surface area contributed by atoms with Crippen molar-refractivity contribution in [3.05, 3.63) is 23.8 Å². The van der Waals surface area contributed by atoms with Gasteiger partial charge < -0.3 is 0 Å². The fraction of sp³-hybridized carbons (Fsp3) is 0.765. The fourth-order valence-corrected chi connectivity index (χ4v) is 5.93. The Balaban J connectivity index is 1.65. The van der Waals surface area contributed by atoms with Gasteiger partial charge in [0.1, 0.15) is 0 Å². The van der Waals surface area contributed by atoms with E-state index in [2.05, 4.69) is 31.3 Å². The van der Waals surface area contributed by atoms with E-state index in [1.165, 1.54) is 50.7 Å². The molecular weight excluding hydrogens is 236 g/mol. The molecule has 0 aromatic carbocycles. The molecule has 0 aliphatic heterocycles. The third kappa shape index (κ3) is 2.19. The Labute approximate surface area is 116 Å². The van der Waals surface area contributed by atoms with Gasteiger partial charge in [-0.1, -0.05) is 30.6 Å². The van der Waals surface area contributed by atoms with Crippen LogP contribution < -0.4 is 0 Å². The molecule has 4 atom stereocenters. The summed E-state index contributed by atoms with van der Waals surface area (Å²) in [6.07, 6.45) is 12.0. The summed E-state index contributed by atoms with van der Waals surface area (Å²) in [5.74, 6) is 4.14. The number of hydrogen-bond acceptors (Lipinski definition) is 1. The molecule has 0 aromatic rings. The molecule has 3 rings (SSSR count). The van der Waals surface area contributed by atoms with Crippen molar-refractivity contribution in [3.63, 3.8) is 0 Å². The second kappa shape index (κ2) is 5.45. The van der Waals surface area contributed by atoms with Crippen molar-refractivity contribution in [1.82, 2.24) is 0 Å². The lowest BCUT2D eigenvalue weighted by atomic mass is 9.72. The summed E-state index contributed by atoms with van der Waals surface area (Å²) >= 11 is 2.28. The van der Waals surface area contributed by atoms with Gasteiger partial charge in [-0.15, -0.1) is 6.58 Å². The third-order valence-electron chi connectivity index (χ3n) is 5.33. The first kappa shape index (κ1) is 12.8. The van der Waals surface area contributed by atoms with E-state index in [0.29, 0.717) is 0 Å². The third-order valence-corrected chi connectivity index (χ3v) is 6.80. The maximum Gasteiger partial charge on any atom is 0.0121 e. The van der Waals surface area contributed by atoms with Crippen LogP contribution in [0.15, 0.2) is 23.8 Å². The Morgan fingerprint density at radius 3 is 3.06 bits per heavy atom. The molecule has 0 saturated heterocycles. The molecule has 2 fully saturated rings. The molecule has 0 radical (unpaired) electrons. The van der Waals surface area contributed by atoms with Gasteiger partial charge in [0.2, 0.25) is 0 Å². The summed E-state index contributed by atoms with van der Waals surface area (Å²) in [6.45, 7) is 6.32. The van der Waals surface area contributed by atoms with Crippen molar-refractivity contribution in [2.45, 2.75) is 57.1 Å². The largest absolute Gasteiger partial charge is 0.158 e. The van der Waals surface area contributed by atoms with Gasteiger partial charge in [-0.25, -0.2) is 0 Å². The predicted molar refractivity (Wildman–Crippen MR) is 81.9 cm³/mol. The molecule has 100 valence electrons. The van der Waals surface area contributed by atoms with Gasteiger partial charge in [0.05, 0.1) is 0 Å². The van der Waals surface area contributed by atoms with Gasteiger partial charge in [0.15, 0.2) is 0 Å². The van der Waals surface area contributed by atoms with Gasteiger partial charge in [-0.05, 0) is 62.0 Å². The molecule has 1 heteroatoms. The number of fused-ring (bicyclic) bond motifs is 4. The highest BCUT2D eigenvalue weighted by Gasteiger charge is 2.46. The van der Waals surface area contributed by atoms with Gasteiger partial charge in [0, 0.05) is 5.25 Å². The van der Waals surface area contributed by atoms with Crippen molar-refractivity contribution >= 4 is 11.8 Å². The zero-order valence-electron chi connectivity index (χ0n) is 11.7. The van der Waals surface area contributed by atoms with Crippen LogP contribution in [-0.2, 0) is 0 Å². The first-order chi connectivity index (χ1) is 8.83. The second-order valence-electron chi connectivity index (χ2n) is 6.34. The lowest BCUT2D eigenvalue weighted by Gasteiger charge is -2.36. The molecule has 4 unspecified atom stereocenters. The SMILES string of the molecule is C=CC1CCC2=C3CC(SCCCC)C(C3)C2C1. The zero-order valence-corrected chi connectivity index (χ0v) is 12.5. The van der Waals surface area contributed by atoms with Crippen LogP contribution in [0.25, 0.3) is 0 Å². The molecule has 0 nitrogen and oxygen atoms in total. The summed E-state index contributed by atoms with van der Waals surface area (Å²) in [6, 6.07) is 0. The van der Waals surface area contributed by atoms with Crippen LogP contribution in [-0.4, -0.2) is 11.0 Å². The van der Waals surface area contributed by atoms with Crippen LogP contribution in [0.5, 0.6) is 0 Å². The highest BCUT2D eigenvalue weighted by Crippen LogP contribution is 2.57. The second-order valence-corrected chi connectivity index (χ2v) is 7.69. The first-order valence-corrected chi connectivity index (χ1v) is 8.83. The molecule has 18 heavy (non-hydrogen) atoms. The highest BCUT2D eigenvalue weighted by molar-refractivity contribution is 7.99. The van der Waals surface area contributed by atoms with E-state index >= 15 is 0 Å². The standard InChI is InChI=1S/C17H26S/c1-3-5-8-18-17-11-13-10-16(17)15-9-12(4-2)6-7-14(13)15/h4,12,15-17H,2-3,5-11H2,1H3. The van der Waals surface area contributed by atoms with Crippen LogP contribution in [0.2, 0.25) is 0 Å². The maximum absolute atomic E-state index is 4.02. The summed E-state index contributed by atoms with van der Waals surface area (Å²) in [5.41, 5.74) is 3.77. The number of thioether (sulfide) groups is 1. The summed E-state index contributed by atoms with van der Waals surface area (Å²) in [4.78, 5) is 0. The zero-order chi connectivity index (χ0) is 12.5. The highest BCUT2D eigenvalue weighted by atomic mass is 32.2. The minimum atomic E-state index is 0.806. The van der Waals surface area contributed by atoms with Crippen molar-refractivity contribution in [2.24, 2.45) is 17.8 Å². The molecule has 0 spiro atoms. The van der Waals surface area contributed by atoms with Gasteiger partial charge in [-0.3, -0.25) is 0 Å². The van der Waals surface area contributed by atoms with Crippen molar-refractivity contribution in [3.8, 4) is 0 Å². The fourth-order valence-electron chi connectivity index (χ4n) is 4.32. The Morgan fingerprint density at radius 1 is 1.39 bits per heavy atom. The number of allylic oxidation sites excluding steroid dienone is 3. The van der Waals surface area contributed by atoms with Crippen LogP contribution in [0.4, 0.5) is 0 Å². The van der Waals surface area contributed by atoms with Crippen LogP contribution in [0, 0.1) is 17.8 Å². The van der Waals surface area contributed by atoms with Gasteiger partial charge in [-0.2, -0.15) is 11.8 Å². The first-order valence-electron chi connectivity index (χ1n) is 7.78. The Hall–Kier alpha value is -0.170. The smallest absolute Gasteiger partial charge is 0.0121 e. The van der Waals surface area contributed by atoms with E-state index < -0.39 is 0 Å². The average Bonchev–Trinajstić information content (AvgIpc) is 2.97. The molecular formula is C17H26S. The lowest BCUT2D eigenvalue weighted by molar-refractivity contribution is 0.302. The van der Waals surface area contributed by atoms with Crippen molar-refractivity contribution in [1.29, 1.82) is 0 Å². The molecule has 0 amide bonds. The monoisotopic (exact) mass is 262 g/mol. The number of unbranched alkanes of at least 4 members (excludes halogenated alkanes) is 1. The van der Waals surface area contributed by atoms with E-state index in [-0.39, 0.29) is 0 Å². The maximum atomic E-state index is 4.02. The van der Waals surface area contributed by atoms with Crippen LogP contribution in [0.1, 0.15) is 51.9 Å². The van der Waals surface area contributed by atoms with Gasteiger partial charge >= 0.3 is 0 Å². The molecule has 2 saturated carbocycles. The minimum absolute atomic E-state index is 0.806. The Bertz CT molecular complexity index is 355. The van der Waals surface area contributed by atoms with E-state index in [1.54, 1.807) is 0 Å². The quantitative estimate of drug-likeness (QED) is 0.484. The van der Waals surface area contributed by atoms with Crippen LogP contribution >= 0.6 is 11.8 Å². The molecule has 2 bridgehead atoms. The summed E-state index contributed by atoms with van der Waals surface area (Å²) in [7, 11) is 0. The predicted octanol–water partition coefficient (Wildman–Crippen LogP) is 5.21. The van der Waals surface area contributed by atoms with E-state index in [0.717, 1.165) is 23.0 Å².